The summed E-state index contributed by atoms with van der Waals surface area (Å²) in [6.45, 7) is 9.27. The average Bonchev–Trinajstić information content (AvgIpc) is 2.91. The summed E-state index contributed by atoms with van der Waals surface area (Å²) in [4.78, 5) is 0. The zero-order valence-corrected chi connectivity index (χ0v) is 13.1. The first-order chi connectivity index (χ1) is 7.92. The highest BCUT2D eigenvalue weighted by Gasteiger charge is 2.36. The molecule has 0 saturated carbocycles. The highest BCUT2D eigenvalue weighted by atomic mass is 28.4. The van der Waals surface area contributed by atoms with Crippen molar-refractivity contribution >= 4 is 21.8 Å². The highest BCUT2D eigenvalue weighted by molar-refractivity contribution is 6.93. The van der Waals surface area contributed by atoms with Crippen molar-refractivity contribution in [2.45, 2.75) is 31.7 Å². The van der Waals surface area contributed by atoms with Crippen LogP contribution in [0.1, 0.15) is 0 Å². The lowest BCUT2D eigenvalue weighted by Crippen LogP contribution is -2.53. The Hall–Kier alpha value is -0.776. The third kappa shape index (κ3) is 2.73. The summed E-state index contributed by atoms with van der Waals surface area (Å²) in [5.41, 5.74) is 0.532. The summed E-state index contributed by atoms with van der Waals surface area (Å²) >= 11 is 0. The lowest BCUT2D eigenvalue weighted by molar-refractivity contribution is 0.552. The second-order valence-corrected chi connectivity index (χ2v) is 14.0. The third-order valence-corrected chi connectivity index (χ3v) is 11.3. The smallest absolute Gasteiger partial charge is 0.183 e. The predicted octanol–water partition coefficient (Wildman–Crippen LogP) is 3.54. The lowest BCUT2D eigenvalue weighted by Gasteiger charge is -2.39. The molecule has 0 saturated heterocycles. The molecule has 0 unspecified atom stereocenters. The molecular formula is C14H21OSi2-. The Kier molecular flexibility index (Phi) is 3.34. The topological polar surface area (TPSA) is 9.23 Å². The number of rotatable bonds is 4. The molecule has 1 aromatic carbocycles. The van der Waals surface area contributed by atoms with Gasteiger partial charge in [0.2, 0.25) is 0 Å². The van der Waals surface area contributed by atoms with E-state index in [-0.39, 0.29) is 0 Å². The fourth-order valence-electron chi connectivity index (χ4n) is 2.46. The van der Waals surface area contributed by atoms with Crippen LogP contribution in [0.2, 0.25) is 31.7 Å². The fourth-order valence-corrected chi connectivity index (χ4v) is 10.9. The van der Waals surface area contributed by atoms with Crippen LogP contribution in [0.5, 0.6) is 0 Å². The van der Waals surface area contributed by atoms with Crippen molar-refractivity contribution in [3.8, 4) is 0 Å². The molecule has 0 aromatic heterocycles. The monoisotopic (exact) mass is 261 g/mol. The summed E-state index contributed by atoms with van der Waals surface area (Å²) in [5, 5.41) is 1.41. The molecule has 0 radical (unpaired) electrons. The Labute approximate surface area is 106 Å². The second kappa shape index (κ2) is 4.48. The molecule has 0 N–H and O–H groups in total. The Balaban J connectivity index is 2.14. The normalized spacial score (nSPS) is 16.9. The second-order valence-electron chi connectivity index (χ2n) is 5.68. The van der Waals surface area contributed by atoms with Crippen molar-refractivity contribution in [3.63, 3.8) is 0 Å². The molecule has 0 spiro atoms. The number of hydrogen-bond donors (Lipinski definition) is 0. The van der Waals surface area contributed by atoms with Gasteiger partial charge in [-0.3, -0.25) is 0 Å². The SMILES string of the molecule is C[Si](C)(O[Si](C)(C)C1C=CC=C1)[c-]1cccc1. The van der Waals surface area contributed by atoms with Crippen molar-refractivity contribution in [1.29, 1.82) is 0 Å². The molecule has 1 aliphatic rings. The first-order valence-corrected chi connectivity index (χ1v) is 12.1. The van der Waals surface area contributed by atoms with Crippen LogP contribution >= 0.6 is 0 Å². The summed E-state index contributed by atoms with van der Waals surface area (Å²) in [6, 6.07) is 8.63. The van der Waals surface area contributed by atoms with E-state index in [0.29, 0.717) is 5.54 Å². The van der Waals surface area contributed by atoms with Crippen LogP contribution in [-0.2, 0) is 4.12 Å². The van der Waals surface area contributed by atoms with Crippen LogP contribution in [-0.4, -0.2) is 16.6 Å². The standard InChI is InChI=1S/C14H21OSi2/c1-16(2,13-9-5-6-10-13)15-17(3,4)14-11-7-8-12-14/h5-13H,1-4H3/q-1. The predicted molar refractivity (Wildman–Crippen MR) is 79.7 cm³/mol. The highest BCUT2D eigenvalue weighted by Crippen LogP contribution is 2.31. The minimum Gasteiger partial charge on any atom is -0.461 e. The summed E-state index contributed by atoms with van der Waals surface area (Å²) in [7, 11) is -3.41. The van der Waals surface area contributed by atoms with E-state index < -0.39 is 16.6 Å². The number of allylic oxidation sites excluding steroid dienone is 4. The van der Waals surface area contributed by atoms with Gasteiger partial charge in [0.05, 0.1) is 0 Å². The Morgan fingerprint density at radius 3 is 2.00 bits per heavy atom. The van der Waals surface area contributed by atoms with Crippen molar-refractivity contribution in [1.82, 2.24) is 0 Å². The molecule has 1 nitrogen and oxygen atoms in total. The van der Waals surface area contributed by atoms with Gasteiger partial charge in [0.25, 0.3) is 0 Å². The van der Waals surface area contributed by atoms with Gasteiger partial charge in [-0.1, -0.05) is 37.4 Å². The quantitative estimate of drug-likeness (QED) is 0.595. The van der Waals surface area contributed by atoms with Gasteiger partial charge in [-0.25, -0.2) is 12.1 Å². The molecule has 0 amide bonds. The van der Waals surface area contributed by atoms with Crippen LogP contribution in [0.25, 0.3) is 0 Å². The van der Waals surface area contributed by atoms with E-state index in [0.717, 1.165) is 0 Å². The molecule has 0 atom stereocenters. The molecule has 17 heavy (non-hydrogen) atoms. The lowest BCUT2D eigenvalue weighted by atomic mass is 10.5. The Morgan fingerprint density at radius 1 is 0.941 bits per heavy atom. The largest absolute Gasteiger partial charge is 0.461 e. The van der Waals surface area contributed by atoms with Gasteiger partial charge in [-0.15, -0.1) is 5.19 Å². The Bertz CT molecular complexity index is 415. The van der Waals surface area contributed by atoms with Crippen molar-refractivity contribution < 1.29 is 4.12 Å². The van der Waals surface area contributed by atoms with Crippen LogP contribution in [0.15, 0.2) is 48.6 Å². The van der Waals surface area contributed by atoms with Crippen molar-refractivity contribution in [2.75, 3.05) is 0 Å². The van der Waals surface area contributed by atoms with Crippen LogP contribution in [0.4, 0.5) is 0 Å². The maximum Gasteiger partial charge on any atom is 0.183 e. The van der Waals surface area contributed by atoms with Crippen LogP contribution in [0.3, 0.4) is 0 Å². The van der Waals surface area contributed by atoms with Gasteiger partial charge in [0.15, 0.2) is 8.32 Å². The molecule has 1 aromatic rings. The molecule has 0 heterocycles. The van der Waals surface area contributed by atoms with E-state index in [1.165, 1.54) is 5.19 Å². The molecule has 0 bridgehead atoms. The Morgan fingerprint density at radius 2 is 1.47 bits per heavy atom. The first-order valence-electron chi connectivity index (χ1n) is 6.19. The maximum absolute atomic E-state index is 6.63. The van der Waals surface area contributed by atoms with Gasteiger partial charge in [0.1, 0.15) is 8.32 Å². The van der Waals surface area contributed by atoms with E-state index in [2.05, 4.69) is 74.8 Å². The zero-order valence-electron chi connectivity index (χ0n) is 11.1. The molecule has 92 valence electrons. The van der Waals surface area contributed by atoms with Gasteiger partial charge in [0, 0.05) is 5.54 Å². The van der Waals surface area contributed by atoms with E-state index in [9.17, 15) is 0 Å². The van der Waals surface area contributed by atoms with E-state index in [4.69, 9.17) is 4.12 Å². The van der Waals surface area contributed by atoms with E-state index >= 15 is 0 Å². The van der Waals surface area contributed by atoms with Gasteiger partial charge < -0.3 is 4.12 Å². The van der Waals surface area contributed by atoms with Gasteiger partial charge >= 0.3 is 0 Å². The van der Waals surface area contributed by atoms with Crippen molar-refractivity contribution in [3.05, 3.63) is 48.6 Å². The van der Waals surface area contributed by atoms with Crippen LogP contribution in [0, 0.1) is 0 Å². The zero-order chi connectivity index (χ0) is 12.5. The molecule has 0 aliphatic heterocycles. The van der Waals surface area contributed by atoms with Crippen LogP contribution < -0.4 is 5.19 Å². The van der Waals surface area contributed by atoms with Gasteiger partial charge in [-0.2, -0.15) is 12.1 Å². The summed E-state index contributed by atoms with van der Waals surface area (Å²) in [5.74, 6) is 0. The third-order valence-electron chi connectivity index (χ3n) is 3.43. The maximum atomic E-state index is 6.63. The molecule has 0 fully saturated rings. The summed E-state index contributed by atoms with van der Waals surface area (Å²) < 4.78 is 6.63. The van der Waals surface area contributed by atoms with Gasteiger partial charge in [-0.05, 0) is 13.1 Å². The first kappa shape index (κ1) is 12.7. The molecular weight excluding hydrogens is 240 g/mol. The average molecular weight is 261 g/mol. The molecule has 2 rings (SSSR count). The van der Waals surface area contributed by atoms with Crippen molar-refractivity contribution in [2.24, 2.45) is 0 Å². The minimum atomic E-state index is -1.74. The fraction of sp³-hybridized carbons (Fsp3) is 0.357. The summed E-state index contributed by atoms with van der Waals surface area (Å²) in [6.07, 6.45) is 8.84. The molecule has 3 heteroatoms. The minimum absolute atomic E-state index is 0.532. The van der Waals surface area contributed by atoms with E-state index in [1.54, 1.807) is 0 Å². The number of hydrogen-bond acceptors (Lipinski definition) is 1. The van der Waals surface area contributed by atoms with E-state index in [1.807, 2.05) is 0 Å². The molecule has 1 aliphatic carbocycles.